The lowest BCUT2D eigenvalue weighted by Crippen LogP contribution is -2.33. The van der Waals surface area contributed by atoms with Gasteiger partial charge in [-0.2, -0.15) is 0 Å². The van der Waals surface area contributed by atoms with Crippen LogP contribution < -0.4 is 0 Å². The summed E-state index contributed by atoms with van der Waals surface area (Å²) in [6, 6.07) is 0. The number of Topliss-reactive ketones (excluding diaryl/α,β-unsaturated/α-hetero) is 1. The molecule has 0 aromatic heterocycles. The number of carbonyl (C=O) groups excluding carboxylic acids is 1. The molecule has 1 rings (SSSR count). The Labute approximate surface area is 67.8 Å². The third-order valence-electron chi connectivity index (χ3n) is 1.58. The molecule has 1 N–H and O–H groups in total. The molecule has 0 radical (unpaired) electrons. The first-order valence-electron chi connectivity index (χ1n) is 3.06. The third-order valence-corrected chi connectivity index (χ3v) is 2.88. The molecule has 0 saturated heterocycles. The van der Waals surface area contributed by atoms with Crippen molar-refractivity contribution in [2.75, 3.05) is 0 Å². The molecule has 3 heteroatoms. The van der Waals surface area contributed by atoms with Crippen molar-refractivity contribution in [3.63, 3.8) is 0 Å². The lowest BCUT2D eigenvalue weighted by Gasteiger charge is -2.20. The molecule has 2 unspecified atom stereocenters. The molecule has 0 aliphatic heterocycles. The second-order valence-electron chi connectivity index (χ2n) is 2.32. The molecule has 0 amide bonds. The number of ketones is 1. The fraction of sp³-hybridized carbons (Fsp3) is 0.833. The molecule has 0 aromatic rings. The molecular weight excluding hydrogens is 231 g/mol. The highest BCUT2D eigenvalue weighted by Gasteiger charge is 2.27. The van der Waals surface area contributed by atoms with Crippen LogP contribution in [0.1, 0.15) is 19.3 Å². The summed E-state index contributed by atoms with van der Waals surface area (Å²) in [4.78, 5) is 10.7. The van der Waals surface area contributed by atoms with Gasteiger partial charge in [-0.3, -0.25) is 4.79 Å². The minimum Gasteiger partial charge on any atom is -0.384 e. The van der Waals surface area contributed by atoms with Gasteiger partial charge in [0, 0.05) is 10.3 Å². The van der Waals surface area contributed by atoms with Crippen LogP contribution in [0.5, 0.6) is 0 Å². The number of aliphatic hydroxyl groups excluding tert-OH is 1. The fourth-order valence-corrected chi connectivity index (χ4v) is 1.82. The van der Waals surface area contributed by atoms with Crippen molar-refractivity contribution in [2.24, 2.45) is 0 Å². The quantitative estimate of drug-likeness (QED) is 0.504. The molecule has 1 saturated carbocycles. The molecule has 1 fully saturated rings. The molecule has 0 aromatic carbocycles. The fourth-order valence-electron chi connectivity index (χ4n) is 0.979. The zero-order chi connectivity index (χ0) is 6.85. The highest BCUT2D eigenvalue weighted by atomic mass is 127. The molecule has 1 aliphatic carbocycles. The number of hydrogen-bond acceptors (Lipinski definition) is 2. The summed E-state index contributed by atoms with van der Waals surface area (Å²) in [5.74, 6) is 0.0145. The van der Waals surface area contributed by atoms with Gasteiger partial charge < -0.3 is 5.11 Å². The standard InChI is InChI=1S/C6H9IO2/c7-4-2-1-3-5(8)6(4)9/h4,6,9H,1-3H2. The predicted molar refractivity (Wildman–Crippen MR) is 42.7 cm³/mol. The van der Waals surface area contributed by atoms with E-state index in [1.165, 1.54) is 0 Å². The monoisotopic (exact) mass is 240 g/mol. The van der Waals surface area contributed by atoms with Crippen LogP contribution in [0.4, 0.5) is 0 Å². The first-order chi connectivity index (χ1) is 4.22. The van der Waals surface area contributed by atoms with Crippen LogP contribution in [-0.4, -0.2) is 20.9 Å². The second-order valence-corrected chi connectivity index (χ2v) is 3.92. The SMILES string of the molecule is O=C1CCCC(I)C1O. The van der Waals surface area contributed by atoms with E-state index in [4.69, 9.17) is 5.11 Å². The van der Waals surface area contributed by atoms with Gasteiger partial charge in [0.2, 0.25) is 0 Å². The summed E-state index contributed by atoms with van der Waals surface area (Å²) in [5, 5.41) is 9.09. The maximum Gasteiger partial charge on any atom is 0.162 e. The molecule has 0 spiro atoms. The summed E-state index contributed by atoms with van der Waals surface area (Å²) in [6.45, 7) is 0. The van der Waals surface area contributed by atoms with Gasteiger partial charge >= 0.3 is 0 Å². The molecule has 52 valence electrons. The average Bonchev–Trinajstić information content (AvgIpc) is 1.83. The van der Waals surface area contributed by atoms with Gasteiger partial charge in [0.15, 0.2) is 5.78 Å². The molecular formula is C6H9IO2. The molecule has 0 heterocycles. The highest BCUT2D eigenvalue weighted by molar-refractivity contribution is 14.1. The molecule has 1 aliphatic rings. The first kappa shape index (κ1) is 7.47. The number of aliphatic hydroxyl groups is 1. The Kier molecular flexibility index (Phi) is 2.46. The van der Waals surface area contributed by atoms with Crippen LogP contribution in [0.3, 0.4) is 0 Å². The van der Waals surface area contributed by atoms with Crippen molar-refractivity contribution in [1.82, 2.24) is 0 Å². The number of halogens is 1. The first-order valence-corrected chi connectivity index (χ1v) is 4.31. The Bertz CT molecular complexity index is 124. The van der Waals surface area contributed by atoms with Gasteiger partial charge in [-0.1, -0.05) is 22.6 Å². The lowest BCUT2D eigenvalue weighted by molar-refractivity contribution is -0.128. The molecule has 2 atom stereocenters. The normalized spacial score (nSPS) is 36.9. The maximum absolute atomic E-state index is 10.7. The Balaban J connectivity index is 2.51. The lowest BCUT2D eigenvalue weighted by atomic mass is 9.97. The van der Waals surface area contributed by atoms with E-state index in [2.05, 4.69) is 22.6 Å². The van der Waals surface area contributed by atoms with E-state index in [0.29, 0.717) is 6.42 Å². The van der Waals surface area contributed by atoms with Gasteiger partial charge in [0.1, 0.15) is 6.10 Å². The van der Waals surface area contributed by atoms with E-state index in [0.717, 1.165) is 12.8 Å². The Morgan fingerprint density at radius 1 is 1.67 bits per heavy atom. The van der Waals surface area contributed by atoms with E-state index < -0.39 is 6.10 Å². The van der Waals surface area contributed by atoms with Gasteiger partial charge in [-0.25, -0.2) is 0 Å². The summed E-state index contributed by atoms with van der Waals surface area (Å²) in [7, 11) is 0. The van der Waals surface area contributed by atoms with Gasteiger partial charge in [0.25, 0.3) is 0 Å². The van der Waals surface area contributed by atoms with E-state index in [1.807, 2.05) is 0 Å². The smallest absolute Gasteiger partial charge is 0.162 e. The van der Waals surface area contributed by atoms with Crippen molar-refractivity contribution >= 4 is 28.4 Å². The predicted octanol–water partition coefficient (Wildman–Crippen LogP) is 0.904. The van der Waals surface area contributed by atoms with Crippen molar-refractivity contribution in [3.8, 4) is 0 Å². The van der Waals surface area contributed by atoms with Crippen LogP contribution in [0.25, 0.3) is 0 Å². The Morgan fingerprint density at radius 3 is 2.78 bits per heavy atom. The third kappa shape index (κ3) is 1.64. The van der Waals surface area contributed by atoms with Crippen molar-refractivity contribution in [2.45, 2.75) is 29.3 Å². The van der Waals surface area contributed by atoms with E-state index in [-0.39, 0.29) is 9.71 Å². The van der Waals surface area contributed by atoms with Crippen molar-refractivity contribution < 1.29 is 9.90 Å². The van der Waals surface area contributed by atoms with E-state index in [9.17, 15) is 4.79 Å². The van der Waals surface area contributed by atoms with Crippen molar-refractivity contribution in [1.29, 1.82) is 0 Å². The van der Waals surface area contributed by atoms with Crippen LogP contribution in [-0.2, 0) is 4.79 Å². The number of hydrogen-bond donors (Lipinski definition) is 1. The highest BCUT2D eigenvalue weighted by Crippen LogP contribution is 2.21. The Morgan fingerprint density at radius 2 is 2.33 bits per heavy atom. The summed E-state index contributed by atoms with van der Waals surface area (Å²) < 4.78 is 0.156. The van der Waals surface area contributed by atoms with Crippen LogP contribution in [0.15, 0.2) is 0 Å². The molecule has 2 nitrogen and oxygen atoms in total. The van der Waals surface area contributed by atoms with Crippen LogP contribution >= 0.6 is 22.6 Å². The number of carbonyl (C=O) groups is 1. The van der Waals surface area contributed by atoms with Crippen molar-refractivity contribution in [3.05, 3.63) is 0 Å². The topological polar surface area (TPSA) is 37.3 Å². The molecule has 0 bridgehead atoms. The van der Waals surface area contributed by atoms with Crippen LogP contribution in [0, 0.1) is 0 Å². The average molecular weight is 240 g/mol. The summed E-state index contributed by atoms with van der Waals surface area (Å²) in [6.07, 6.45) is 1.82. The number of alkyl halides is 1. The zero-order valence-electron chi connectivity index (χ0n) is 5.01. The minimum atomic E-state index is -0.681. The number of rotatable bonds is 0. The van der Waals surface area contributed by atoms with Gasteiger partial charge in [-0.05, 0) is 12.8 Å². The zero-order valence-corrected chi connectivity index (χ0v) is 7.17. The Hall–Kier alpha value is 0.360. The van der Waals surface area contributed by atoms with E-state index >= 15 is 0 Å². The second kappa shape index (κ2) is 2.96. The largest absolute Gasteiger partial charge is 0.384 e. The molecule has 9 heavy (non-hydrogen) atoms. The van der Waals surface area contributed by atoms with Crippen LogP contribution in [0.2, 0.25) is 0 Å². The maximum atomic E-state index is 10.7. The summed E-state index contributed by atoms with van der Waals surface area (Å²) in [5.41, 5.74) is 0. The van der Waals surface area contributed by atoms with Gasteiger partial charge in [0.05, 0.1) is 0 Å². The van der Waals surface area contributed by atoms with E-state index in [1.54, 1.807) is 0 Å². The minimum absolute atomic E-state index is 0.0145. The summed E-state index contributed by atoms with van der Waals surface area (Å²) >= 11 is 2.13. The van der Waals surface area contributed by atoms with Gasteiger partial charge in [-0.15, -0.1) is 0 Å².